The Hall–Kier alpha value is 0.437. The van der Waals surface area contributed by atoms with Crippen molar-refractivity contribution >= 4 is 26.2 Å². The van der Waals surface area contributed by atoms with E-state index in [0.29, 0.717) is 5.92 Å². The van der Waals surface area contributed by atoms with Gasteiger partial charge in [-0.3, -0.25) is 0 Å². The Labute approximate surface area is 62.9 Å². The zero-order chi connectivity index (χ0) is 6.73. The SMILES string of the molecule is CC(=C([SiH3])Br)C(C)C. The summed E-state index contributed by atoms with van der Waals surface area (Å²) in [6.07, 6.45) is 0. The van der Waals surface area contributed by atoms with Gasteiger partial charge < -0.3 is 0 Å². The molecule has 0 nitrogen and oxygen atoms in total. The summed E-state index contributed by atoms with van der Waals surface area (Å²) >= 11 is 3.48. The summed E-state index contributed by atoms with van der Waals surface area (Å²) in [5, 5.41) is 0. The monoisotopic (exact) mass is 192 g/mol. The molecule has 8 heavy (non-hydrogen) atoms. The molecule has 48 valence electrons. The Morgan fingerprint density at radius 3 is 1.88 bits per heavy atom. The van der Waals surface area contributed by atoms with Crippen LogP contribution in [0, 0.1) is 5.92 Å². The van der Waals surface area contributed by atoms with Crippen LogP contribution in [0.2, 0.25) is 0 Å². The fourth-order valence-corrected chi connectivity index (χ4v) is 1.43. The third-order valence-electron chi connectivity index (χ3n) is 1.41. The summed E-state index contributed by atoms with van der Waals surface area (Å²) in [5.41, 5.74) is 1.50. The lowest BCUT2D eigenvalue weighted by Crippen LogP contribution is -1.90. The lowest BCUT2D eigenvalue weighted by atomic mass is 10.1. The highest BCUT2D eigenvalue weighted by molar-refractivity contribution is 9.12. The minimum Gasteiger partial charge on any atom is -0.0658 e. The number of allylic oxidation sites excluding steroid dienone is 1. The van der Waals surface area contributed by atoms with Gasteiger partial charge in [0, 0.05) is 10.2 Å². The van der Waals surface area contributed by atoms with Crippen LogP contribution in [0.4, 0.5) is 0 Å². The van der Waals surface area contributed by atoms with Gasteiger partial charge in [0.25, 0.3) is 0 Å². The second kappa shape index (κ2) is 3.46. The summed E-state index contributed by atoms with van der Waals surface area (Å²) in [4.78, 5) is 0. The van der Waals surface area contributed by atoms with Crippen molar-refractivity contribution in [1.29, 1.82) is 0 Å². The van der Waals surface area contributed by atoms with Crippen molar-refractivity contribution < 1.29 is 0 Å². The highest BCUT2D eigenvalue weighted by Gasteiger charge is 1.96. The average Bonchev–Trinajstić information content (AvgIpc) is 1.64. The lowest BCUT2D eigenvalue weighted by molar-refractivity contribution is 0.770. The molecule has 0 rings (SSSR count). The molecule has 0 aromatic heterocycles. The maximum Gasteiger partial charge on any atom is 0.0474 e. The summed E-state index contributed by atoms with van der Waals surface area (Å²) in [6.45, 7) is 6.62. The van der Waals surface area contributed by atoms with Gasteiger partial charge in [-0.15, -0.1) is 0 Å². The topological polar surface area (TPSA) is 0 Å². The highest BCUT2D eigenvalue weighted by Crippen LogP contribution is 2.15. The zero-order valence-electron chi connectivity index (χ0n) is 5.96. The predicted octanol–water partition coefficient (Wildman–Crippen LogP) is 1.63. The molecule has 0 amide bonds. The molecule has 0 fully saturated rings. The minimum absolute atomic E-state index is 0.710. The van der Waals surface area contributed by atoms with Crippen LogP contribution in [0.5, 0.6) is 0 Å². The van der Waals surface area contributed by atoms with Gasteiger partial charge in [-0.1, -0.05) is 35.4 Å². The first-order valence-corrected chi connectivity index (χ1v) is 4.68. The van der Waals surface area contributed by atoms with Gasteiger partial charge in [-0.25, -0.2) is 0 Å². The van der Waals surface area contributed by atoms with Gasteiger partial charge in [-0.2, -0.15) is 0 Å². The molecule has 0 aliphatic rings. The van der Waals surface area contributed by atoms with Gasteiger partial charge >= 0.3 is 0 Å². The van der Waals surface area contributed by atoms with E-state index < -0.39 is 0 Å². The molecular weight excluding hydrogens is 180 g/mol. The van der Waals surface area contributed by atoms with Crippen LogP contribution < -0.4 is 0 Å². The number of hydrogen-bond donors (Lipinski definition) is 0. The van der Waals surface area contributed by atoms with E-state index in [4.69, 9.17) is 0 Å². The van der Waals surface area contributed by atoms with Crippen LogP contribution in [0.15, 0.2) is 9.68 Å². The van der Waals surface area contributed by atoms with Crippen molar-refractivity contribution in [2.45, 2.75) is 20.8 Å². The first kappa shape index (κ1) is 8.44. The summed E-state index contributed by atoms with van der Waals surface area (Å²) in [6, 6.07) is 0. The second-order valence-electron chi connectivity index (χ2n) is 2.37. The quantitative estimate of drug-likeness (QED) is 0.555. The minimum atomic E-state index is 0.710. The van der Waals surface area contributed by atoms with Crippen LogP contribution in [0.3, 0.4) is 0 Å². The predicted molar refractivity (Wildman–Crippen MR) is 46.4 cm³/mol. The van der Waals surface area contributed by atoms with E-state index in [1.54, 1.807) is 0 Å². The highest BCUT2D eigenvalue weighted by atomic mass is 79.9. The van der Waals surface area contributed by atoms with E-state index in [1.165, 1.54) is 9.68 Å². The maximum atomic E-state index is 3.48. The second-order valence-corrected chi connectivity index (χ2v) is 6.02. The summed E-state index contributed by atoms with van der Waals surface area (Å²) in [5.74, 6) is 0.710. The third-order valence-corrected chi connectivity index (χ3v) is 2.82. The molecule has 0 aromatic carbocycles. The largest absolute Gasteiger partial charge is 0.0658 e. The van der Waals surface area contributed by atoms with E-state index in [9.17, 15) is 0 Å². The van der Waals surface area contributed by atoms with Crippen LogP contribution in [-0.2, 0) is 0 Å². The number of halogens is 1. The van der Waals surface area contributed by atoms with E-state index >= 15 is 0 Å². The van der Waals surface area contributed by atoms with E-state index in [0.717, 1.165) is 10.2 Å². The maximum absolute atomic E-state index is 3.48. The van der Waals surface area contributed by atoms with Gasteiger partial charge in [0.05, 0.1) is 0 Å². The molecule has 0 radical (unpaired) electrons. The Kier molecular flexibility index (Phi) is 3.65. The molecule has 0 saturated carbocycles. The Morgan fingerprint density at radius 1 is 1.50 bits per heavy atom. The standard InChI is InChI=1S/C6H13BrSi/c1-4(2)5(3)6(7)8/h4H,1-3,8H3. The number of hydrogen-bond acceptors (Lipinski definition) is 0. The lowest BCUT2D eigenvalue weighted by Gasteiger charge is -2.04. The van der Waals surface area contributed by atoms with Gasteiger partial charge in [0.15, 0.2) is 0 Å². The fraction of sp³-hybridized carbons (Fsp3) is 0.667. The molecule has 0 aliphatic heterocycles. The van der Waals surface area contributed by atoms with E-state index in [1.807, 2.05) is 0 Å². The molecule has 0 N–H and O–H groups in total. The van der Waals surface area contributed by atoms with Crippen molar-refractivity contribution in [3.05, 3.63) is 9.68 Å². The summed E-state index contributed by atoms with van der Waals surface area (Å²) in [7, 11) is 1.15. The molecule has 2 heteroatoms. The molecule has 0 aromatic rings. The van der Waals surface area contributed by atoms with Crippen molar-refractivity contribution in [3.8, 4) is 0 Å². The van der Waals surface area contributed by atoms with Crippen molar-refractivity contribution in [1.82, 2.24) is 0 Å². The van der Waals surface area contributed by atoms with Crippen molar-refractivity contribution in [2.24, 2.45) is 5.92 Å². The summed E-state index contributed by atoms with van der Waals surface area (Å²) < 4.78 is 1.41. The normalized spacial score (nSPS) is 14.6. The molecule has 0 aliphatic carbocycles. The molecule has 0 unspecified atom stereocenters. The first-order chi connectivity index (χ1) is 3.55. The third kappa shape index (κ3) is 2.67. The molecule has 0 atom stereocenters. The van der Waals surface area contributed by atoms with Crippen LogP contribution >= 0.6 is 15.9 Å². The van der Waals surface area contributed by atoms with Crippen LogP contribution in [-0.4, -0.2) is 10.2 Å². The van der Waals surface area contributed by atoms with Crippen LogP contribution in [0.1, 0.15) is 20.8 Å². The van der Waals surface area contributed by atoms with E-state index in [-0.39, 0.29) is 0 Å². The fourth-order valence-electron chi connectivity index (χ4n) is 0.398. The smallest absolute Gasteiger partial charge is 0.0474 e. The Morgan fingerprint density at radius 2 is 1.88 bits per heavy atom. The Balaban J connectivity index is 4.00. The number of rotatable bonds is 1. The zero-order valence-corrected chi connectivity index (χ0v) is 9.54. The van der Waals surface area contributed by atoms with Crippen LogP contribution in [0.25, 0.3) is 0 Å². The Bertz CT molecular complexity index is 101. The molecular formula is C6H13BrSi. The van der Waals surface area contributed by atoms with E-state index in [2.05, 4.69) is 36.7 Å². The van der Waals surface area contributed by atoms with Crippen molar-refractivity contribution in [3.63, 3.8) is 0 Å². The molecule has 0 heterocycles. The first-order valence-electron chi connectivity index (χ1n) is 2.88. The molecule has 0 spiro atoms. The molecule has 0 saturated heterocycles. The molecule has 0 bridgehead atoms. The van der Waals surface area contributed by atoms with Gasteiger partial charge in [0.2, 0.25) is 0 Å². The average molecular weight is 193 g/mol. The van der Waals surface area contributed by atoms with Gasteiger partial charge in [-0.05, 0) is 16.9 Å². The van der Waals surface area contributed by atoms with Crippen molar-refractivity contribution in [2.75, 3.05) is 0 Å². The van der Waals surface area contributed by atoms with Gasteiger partial charge in [0.1, 0.15) is 0 Å².